The van der Waals surface area contributed by atoms with Gasteiger partial charge in [0.1, 0.15) is 5.76 Å². The van der Waals surface area contributed by atoms with Crippen LogP contribution in [0.3, 0.4) is 0 Å². The standard InChI is InChI=1S/C32H46O4/c1-5-8-9-10-11-12-13-14-15-29(34)36-28-23-32(16-18-35-19-17-32)22-27(33)31(28)30-25(6-2)20-24(4)21-26(30)7-3/h5,20-21H,1,6-19,22-23H2,2-4H3. The van der Waals surface area contributed by atoms with Gasteiger partial charge < -0.3 is 9.47 Å². The maximum atomic E-state index is 13.8. The van der Waals surface area contributed by atoms with E-state index in [4.69, 9.17) is 9.47 Å². The Hall–Kier alpha value is -2.20. The molecule has 1 aromatic carbocycles. The SMILES string of the molecule is C=CCCCCCCCCC(=O)OC1=C(c2c(CC)cc(C)cc2CC)C(=O)CC2(CCOCC2)C1. The molecule has 1 fully saturated rings. The number of unbranched alkanes of at least 4 members (excludes halogenated alkanes) is 6. The van der Waals surface area contributed by atoms with E-state index >= 15 is 0 Å². The Morgan fingerprint density at radius 3 is 2.22 bits per heavy atom. The average molecular weight is 495 g/mol. The number of esters is 1. The molecule has 3 rings (SSSR count). The van der Waals surface area contributed by atoms with E-state index in [-0.39, 0.29) is 17.2 Å². The van der Waals surface area contributed by atoms with Gasteiger partial charge in [-0.3, -0.25) is 9.59 Å². The molecule has 0 atom stereocenters. The van der Waals surface area contributed by atoms with Crippen molar-refractivity contribution in [2.75, 3.05) is 13.2 Å². The molecule has 0 N–H and O–H groups in total. The molecule has 198 valence electrons. The zero-order valence-corrected chi connectivity index (χ0v) is 22.9. The Morgan fingerprint density at radius 2 is 1.61 bits per heavy atom. The number of carbonyl (C=O) groups excluding carboxylic acids is 2. The second kappa shape index (κ2) is 13.9. The van der Waals surface area contributed by atoms with Crippen LogP contribution in [0.5, 0.6) is 0 Å². The molecular weight excluding hydrogens is 448 g/mol. The van der Waals surface area contributed by atoms with Crippen molar-refractivity contribution in [1.82, 2.24) is 0 Å². The third-order valence-corrected chi connectivity index (χ3v) is 7.92. The minimum absolute atomic E-state index is 0.124. The summed E-state index contributed by atoms with van der Waals surface area (Å²) < 4.78 is 11.7. The Kier molecular flexibility index (Phi) is 11.0. The van der Waals surface area contributed by atoms with Gasteiger partial charge in [-0.25, -0.2) is 0 Å². The van der Waals surface area contributed by atoms with Crippen molar-refractivity contribution in [3.05, 3.63) is 52.8 Å². The van der Waals surface area contributed by atoms with E-state index in [1.165, 1.54) is 36.0 Å². The smallest absolute Gasteiger partial charge is 0.310 e. The number of hydrogen-bond donors (Lipinski definition) is 0. The van der Waals surface area contributed by atoms with Crippen molar-refractivity contribution in [2.24, 2.45) is 5.41 Å². The van der Waals surface area contributed by atoms with E-state index in [1.54, 1.807) is 0 Å². The topological polar surface area (TPSA) is 52.6 Å². The lowest BCUT2D eigenvalue weighted by Gasteiger charge is -2.41. The number of Topliss-reactive ketones (excluding diaryl/α,β-unsaturated/α-hetero) is 1. The minimum atomic E-state index is -0.200. The van der Waals surface area contributed by atoms with Crippen LogP contribution in [0.2, 0.25) is 0 Å². The Bertz CT molecular complexity index is 924. The monoisotopic (exact) mass is 494 g/mol. The normalized spacial score (nSPS) is 17.5. The van der Waals surface area contributed by atoms with E-state index in [1.807, 2.05) is 6.08 Å². The molecule has 0 amide bonds. The first-order chi connectivity index (χ1) is 17.4. The molecule has 1 spiro atoms. The fraction of sp³-hybridized carbons (Fsp3) is 0.625. The van der Waals surface area contributed by atoms with Gasteiger partial charge >= 0.3 is 5.97 Å². The fourth-order valence-electron chi connectivity index (χ4n) is 5.87. The summed E-state index contributed by atoms with van der Waals surface area (Å²) in [5.74, 6) is 0.531. The maximum absolute atomic E-state index is 13.8. The number of ether oxygens (including phenoxy) is 2. The number of hydrogen-bond acceptors (Lipinski definition) is 4. The largest absolute Gasteiger partial charge is 0.430 e. The van der Waals surface area contributed by atoms with Gasteiger partial charge in [-0.05, 0) is 74.0 Å². The average Bonchev–Trinajstić information content (AvgIpc) is 2.86. The van der Waals surface area contributed by atoms with Gasteiger partial charge in [0.15, 0.2) is 5.78 Å². The van der Waals surface area contributed by atoms with Gasteiger partial charge in [-0.2, -0.15) is 0 Å². The highest BCUT2D eigenvalue weighted by molar-refractivity contribution is 6.23. The zero-order valence-electron chi connectivity index (χ0n) is 22.9. The summed E-state index contributed by atoms with van der Waals surface area (Å²) >= 11 is 0. The van der Waals surface area contributed by atoms with Crippen LogP contribution < -0.4 is 0 Å². The van der Waals surface area contributed by atoms with E-state index in [2.05, 4.69) is 39.5 Å². The molecule has 36 heavy (non-hydrogen) atoms. The molecule has 0 aromatic heterocycles. The van der Waals surface area contributed by atoms with Crippen LogP contribution in [0, 0.1) is 12.3 Å². The molecule has 1 aromatic rings. The highest BCUT2D eigenvalue weighted by atomic mass is 16.5. The number of rotatable bonds is 13. The first-order valence-corrected chi connectivity index (χ1v) is 14.2. The lowest BCUT2D eigenvalue weighted by Crippen LogP contribution is -2.37. The van der Waals surface area contributed by atoms with Crippen LogP contribution in [0.1, 0.15) is 113 Å². The lowest BCUT2D eigenvalue weighted by molar-refractivity contribution is -0.140. The summed E-state index contributed by atoms with van der Waals surface area (Å²) in [7, 11) is 0. The van der Waals surface area contributed by atoms with Crippen molar-refractivity contribution in [3.8, 4) is 0 Å². The van der Waals surface area contributed by atoms with Crippen LogP contribution in [0.25, 0.3) is 5.57 Å². The van der Waals surface area contributed by atoms with Gasteiger partial charge in [0.05, 0.1) is 5.57 Å². The summed E-state index contributed by atoms with van der Waals surface area (Å²) in [5.41, 5.74) is 5.08. The highest BCUT2D eigenvalue weighted by Crippen LogP contribution is 2.48. The molecular formula is C32H46O4. The van der Waals surface area contributed by atoms with E-state index in [0.717, 1.165) is 56.9 Å². The summed E-state index contributed by atoms with van der Waals surface area (Å²) in [4.78, 5) is 26.8. The first-order valence-electron chi connectivity index (χ1n) is 14.2. The lowest BCUT2D eigenvalue weighted by atomic mass is 9.67. The molecule has 1 aliphatic heterocycles. The third kappa shape index (κ3) is 7.41. The Balaban J connectivity index is 1.81. The van der Waals surface area contributed by atoms with Crippen LogP contribution in [-0.2, 0) is 31.9 Å². The molecule has 0 bridgehead atoms. The fourth-order valence-corrected chi connectivity index (χ4v) is 5.87. The van der Waals surface area contributed by atoms with Gasteiger partial charge in [0.2, 0.25) is 0 Å². The summed E-state index contributed by atoms with van der Waals surface area (Å²) in [5, 5.41) is 0. The molecule has 0 unspecified atom stereocenters. The molecule has 1 aliphatic carbocycles. The molecule has 0 radical (unpaired) electrons. The zero-order chi connectivity index (χ0) is 26.0. The van der Waals surface area contributed by atoms with Crippen molar-refractivity contribution in [1.29, 1.82) is 0 Å². The van der Waals surface area contributed by atoms with Crippen LogP contribution in [-0.4, -0.2) is 25.0 Å². The molecule has 1 saturated heterocycles. The van der Waals surface area contributed by atoms with E-state index < -0.39 is 0 Å². The minimum Gasteiger partial charge on any atom is -0.430 e. The number of allylic oxidation sites excluding steroid dienone is 3. The van der Waals surface area contributed by atoms with Crippen molar-refractivity contribution >= 4 is 17.3 Å². The Labute approximate surface area is 218 Å². The number of aryl methyl sites for hydroxylation is 3. The predicted octanol–water partition coefficient (Wildman–Crippen LogP) is 7.84. The van der Waals surface area contributed by atoms with Crippen LogP contribution >= 0.6 is 0 Å². The molecule has 1 heterocycles. The van der Waals surface area contributed by atoms with Crippen molar-refractivity contribution < 1.29 is 19.1 Å². The van der Waals surface area contributed by atoms with Gasteiger partial charge in [0, 0.05) is 32.5 Å². The first kappa shape index (κ1) is 28.4. The van der Waals surface area contributed by atoms with Crippen molar-refractivity contribution in [3.63, 3.8) is 0 Å². The Morgan fingerprint density at radius 1 is 1.00 bits per heavy atom. The van der Waals surface area contributed by atoms with Crippen LogP contribution in [0.15, 0.2) is 30.5 Å². The van der Waals surface area contributed by atoms with Gasteiger partial charge in [-0.1, -0.05) is 63.3 Å². The summed E-state index contributed by atoms with van der Waals surface area (Å²) in [6, 6.07) is 4.37. The molecule has 4 heteroatoms. The number of carbonyl (C=O) groups is 2. The quantitative estimate of drug-likeness (QED) is 0.159. The maximum Gasteiger partial charge on any atom is 0.310 e. The molecule has 4 nitrogen and oxygen atoms in total. The highest BCUT2D eigenvalue weighted by Gasteiger charge is 2.43. The van der Waals surface area contributed by atoms with Gasteiger partial charge in [-0.15, -0.1) is 6.58 Å². The second-order valence-electron chi connectivity index (χ2n) is 10.8. The third-order valence-electron chi connectivity index (χ3n) is 7.92. The molecule has 0 saturated carbocycles. The van der Waals surface area contributed by atoms with E-state index in [9.17, 15) is 9.59 Å². The van der Waals surface area contributed by atoms with Crippen molar-refractivity contribution in [2.45, 2.75) is 111 Å². The number of benzene rings is 1. The summed E-state index contributed by atoms with van der Waals surface area (Å²) in [6.45, 7) is 11.5. The second-order valence-corrected chi connectivity index (χ2v) is 10.8. The van der Waals surface area contributed by atoms with Crippen LogP contribution in [0.4, 0.5) is 0 Å². The number of ketones is 1. The molecule has 2 aliphatic rings. The van der Waals surface area contributed by atoms with E-state index in [0.29, 0.717) is 43.8 Å². The summed E-state index contributed by atoms with van der Waals surface area (Å²) in [6.07, 6.45) is 14.6. The van der Waals surface area contributed by atoms with Gasteiger partial charge in [0.25, 0.3) is 0 Å². The predicted molar refractivity (Wildman–Crippen MR) is 147 cm³/mol.